The van der Waals surface area contributed by atoms with Gasteiger partial charge in [-0.1, -0.05) is 25.0 Å². The lowest BCUT2D eigenvalue weighted by Gasteiger charge is -2.20. The Hall–Kier alpha value is -3.55. The Bertz CT molecular complexity index is 1180. The van der Waals surface area contributed by atoms with Crippen LogP contribution in [0.3, 0.4) is 0 Å². The lowest BCUT2D eigenvalue weighted by Crippen LogP contribution is -2.29. The van der Waals surface area contributed by atoms with Gasteiger partial charge in [-0.15, -0.1) is 10.2 Å². The smallest absolute Gasteiger partial charge is 0.267 e. The molecule has 0 radical (unpaired) electrons. The van der Waals surface area contributed by atoms with Crippen LogP contribution in [0.25, 0.3) is 11.3 Å². The van der Waals surface area contributed by atoms with E-state index in [1.54, 1.807) is 6.07 Å². The molecule has 0 unspecified atom stereocenters. The van der Waals surface area contributed by atoms with Crippen molar-refractivity contribution in [3.63, 3.8) is 0 Å². The molecule has 2 aromatic heterocycles. The first-order valence-electron chi connectivity index (χ1n) is 11.7. The van der Waals surface area contributed by atoms with Crippen molar-refractivity contribution < 1.29 is 4.79 Å². The molecule has 1 aliphatic heterocycles. The van der Waals surface area contributed by atoms with Gasteiger partial charge in [0.05, 0.1) is 11.4 Å². The zero-order chi connectivity index (χ0) is 22.6. The summed E-state index contributed by atoms with van der Waals surface area (Å²) >= 11 is 0. The van der Waals surface area contributed by atoms with Gasteiger partial charge in [0, 0.05) is 36.3 Å². The molecular weight excluding hydrogens is 416 g/mol. The van der Waals surface area contributed by atoms with Crippen molar-refractivity contribution >= 4 is 17.4 Å². The minimum Gasteiger partial charge on any atom is -0.355 e. The standard InChI is InChI=1S/C25H28N6O2/c32-24(17-31-25(33)13-11-22(29-31)18-8-9-18)26-20-7-5-6-19(16-20)21-10-12-23(28-27-21)30-14-3-1-2-4-15-30/h5-7,10-13,16,18H,1-4,8-9,14-15,17H2,(H,26,32). The second kappa shape index (κ2) is 9.52. The van der Waals surface area contributed by atoms with Crippen molar-refractivity contribution in [3.05, 3.63) is 64.6 Å². The van der Waals surface area contributed by atoms with E-state index in [2.05, 4.69) is 25.5 Å². The van der Waals surface area contributed by atoms with Crippen LogP contribution in [-0.2, 0) is 11.3 Å². The molecule has 2 fully saturated rings. The van der Waals surface area contributed by atoms with E-state index in [0.29, 0.717) is 11.6 Å². The monoisotopic (exact) mass is 444 g/mol. The molecule has 33 heavy (non-hydrogen) atoms. The van der Waals surface area contributed by atoms with E-state index in [0.717, 1.165) is 48.7 Å². The minimum absolute atomic E-state index is 0.117. The second-order valence-corrected chi connectivity index (χ2v) is 8.84. The van der Waals surface area contributed by atoms with E-state index in [1.165, 1.54) is 36.4 Å². The van der Waals surface area contributed by atoms with Gasteiger partial charge < -0.3 is 10.2 Å². The summed E-state index contributed by atoms with van der Waals surface area (Å²) in [6.45, 7) is 1.93. The molecule has 0 spiro atoms. The van der Waals surface area contributed by atoms with Gasteiger partial charge in [-0.2, -0.15) is 5.10 Å². The van der Waals surface area contributed by atoms with Crippen LogP contribution in [0, 0.1) is 0 Å². The van der Waals surface area contributed by atoms with Crippen molar-refractivity contribution in [1.82, 2.24) is 20.0 Å². The van der Waals surface area contributed by atoms with Crippen LogP contribution in [0.5, 0.6) is 0 Å². The predicted octanol–water partition coefficient (Wildman–Crippen LogP) is 3.60. The average Bonchev–Trinajstić information content (AvgIpc) is 3.68. The Morgan fingerprint density at radius 1 is 0.970 bits per heavy atom. The molecule has 1 aliphatic carbocycles. The number of carbonyl (C=O) groups is 1. The number of nitrogens with one attached hydrogen (secondary N) is 1. The summed E-state index contributed by atoms with van der Waals surface area (Å²) in [6.07, 6.45) is 7.11. The molecule has 8 heteroatoms. The quantitative estimate of drug-likeness (QED) is 0.625. The summed E-state index contributed by atoms with van der Waals surface area (Å²) in [4.78, 5) is 27.0. The number of carbonyl (C=O) groups excluding carboxylic acids is 1. The van der Waals surface area contributed by atoms with E-state index in [1.807, 2.05) is 36.4 Å². The molecule has 1 aromatic carbocycles. The van der Waals surface area contributed by atoms with Gasteiger partial charge in [0.25, 0.3) is 5.56 Å². The third-order valence-corrected chi connectivity index (χ3v) is 6.20. The average molecular weight is 445 g/mol. The number of amides is 1. The highest BCUT2D eigenvalue weighted by Gasteiger charge is 2.25. The van der Waals surface area contributed by atoms with Gasteiger partial charge >= 0.3 is 0 Å². The molecule has 3 aromatic rings. The van der Waals surface area contributed by atoms with Crippen LogP contribution < -0.4 is 15.8 Å². The maximum Gasteiger partial charge on any atom is 0.267 e. The molecule has 0 bridgehead atoms. The van der Waals surface area contributed by atoms with E-state index in [9.17, 15) is 9.59 Å². The molecule has 5 rings (SSSR count). The van der Waals surface area contributed by atoms with Crippen molar-refractivity contribution in [2.45, 2.75) is 51.0 Å². The van der Waals surface area contributed by atoms with E-state index in [4.69, 9.17) is 0 Å². The number of benzene rings is 1. The molecule has 1 amide bonds. The van der Waals surface area contributed by atoms with Crippen molar-refractivity contribution in [1.29, 1.82) is 0 Å². The molecular formula is C25H28N6O2. The van der Waals surface area contributed by atoms with E-state index in [-0.39, 0.29) is 18.0 Å². The summed E-state index contributed by atoms with van der Waals surface area (Å²) in [5.74, 6) is 1.04. The Morgan fingerprint density at radius 2 is 1.79 bits per heavy atom. The van der Waals surface area contributed by atoms with Crippen LogP contribution in [0.4, 0.5) is 11.5 Å². The van der Waals surface area contributed by atoms with Gasteiger partial charge in [0.2, 0.25) is 5.91 Å². The van der Waals surface area contributed by atoms with Gasteiger partial charge in [-0.25, -0.2) is 4.68 Å². The fourth-order valence-corrected chi connectivity index (χ4v) is 4.22. The normalized spacial score (nSPS) is 16.3. The summed E-state index contributed by atoms with van der Waals surface area (Å²) in [7, 11) is 0. The first-order valence-corrected chi connectivity index (χ1v) is 11.7. The molecule has 1 saturated carbocycles. The molecule has 0 atom stereocenters. The highest BCUT2D eigenvalue weighted by molar-refractivity contribution is 5.91. The summed E-state index contributed by atoms with van der Waals surface area (Å²) in [6, 6.07) is 14.7. The summed E-state index contributed by atoms with van der Waals surface area (Å²) in [5, 5.41) is 16.1. The Kier molecular flexibility index (Phi) is 6.15. The number of hydrogen-bond donors (Lipinski definition) is 1. The fraction of sp³-hybridized carbons (Fsp3) is 0.400. The zero-order valence-electron chi connectivity index (χ0n) is 18.6. The van der Waals surface area contributed by atoms with Crippen LogP contribution >= 0.6 is 0 Å². The van der Waals surface area contributed by atoms with Crippen LogP contribution in [0.2, 0.25) is 0 Å². The van der Waals surface area contributed by atoms with Crippen molar-refractivity contribution in [2.75, 3.05) is 23.3 Å². The predicted molar refractivity (Wildman–Crippen MR) is 127 cm³/mol. The Morgan fingerprint density at radius 3 is 2.52 bits per heavy atom. The molecule has 3 heterocycles. The maximum absolute atomic E-state index is 12.6. The first-order chi connectivity index (χ1) is 16.2. The topological polar surface area (TPSA) is 93.0 Å². The molecule has 170 valence electrons. The van der Waals surface area contributed by atoms with Crippen LogP contribution in [0.15, 0.2) is 53.3 Å². The van der Waals surface area contributed by atoms with Crippen LogP contribution in [0.1, 0.15) is 50.1 Å². The Labute approximate surface area is 192 Å². The highest BCUT2D eigenvalue weighted by atomic mass is 16.2. The number of hydrogen-bond acceptors (Lipinski definition) is 6. The molecule has 2 aliphatic rings. The van der Waals surface area contributed by atoms with Gasteiger partial charge in [0.15, 0.2) is 5.82 Å². The number of rotatable bonds is 6. The number of anilines is 2. The maximum atomic E-state index is 12.6. The SMILES string of the molecule is O=C(Cn1nc(C2CC2)ccc1=O)Nc1cccc(-c2ccc(N3CCCCCC3)nn2)c1. The zero-order valence-corrected chi connectivity index (χ0v) is 18.6. The molecule has 1 N–H and O–H groups in total. The van der Waals surface area contributed by atoms with Crippen molar-refractivity contribution in [2.24, 2.45) is 0 Å². The summed E-state index contributed by atoms with van der Waals surface area (Å²) in [5.41, 5.74) is 2.87. The number of aromatic nitrogens is 4. The second-order valence-electron chi connectivity index (χ2n) is 8.84. The first kappa shape index (κ1) is 21.3. The number of nitrogens with zero attached hydrogens (tertiary/aromatic N) is 5. The Balaban J connectivity index is 1.26. The molecule has 1 saturated heterocycles. The van der Waals surface area contributed by atoms with Gasteiger partial charge in [0.1, 0.15) is 6.54 Å². The fourth-order valence-electron chi connectivity index (χ4n) is 4.22. The van der Waals surface area contributed by atoms with E-state index >= 15 is 0 Å². The lowest BCUT2D eigenvalue weighted by molar-refractivity contribution is -0.117. The lowest BCUT2D eigenvalue weighted by atomic mass is 10.1. The third-order valence-electron chi connectivity index (χ3n) is 6.20. The van der Waals surface area contributed by atoms with Crippen molar-refractivity contribution in [3.8, 4) is 11.3 Å². The largest absolute Gasteiger partial charge is 0.355 e. The minimum atomic E-state index is -0.294. The molecule has 8 nitrogen and oxygen atoms in total. The highest BCUT2D eigenvalue weighted by Crippen LogP contribution is 2.38. The van der Waals surface area contributed by atoms with Gasteiger partial charge in [-0.05, 0) is 56.0 Å². The van der Waals surface area contributed by atoms with E-state index < -0.39 is 0 Å². The van der Waals surface area contributed by atoms with Crippen LogP contribution in [-0.4, -0.2) is 39.0 Å². The third kappa shape index (κ3) is 5.27. The summed E-state index contributed by atoms with van der Waals surface area (Å²) < 4.78 is 1.24. The van der Waals surface area contributed by atoms with Gasteiger partial charge in [-0.3, -0.25) is 9.59 Å².